The average Bonchev–Trinajstić information content (AvgIpc) is 3.04. The molecule has 0 aliphatic carbocycles. The number of hydrogen-bond acceptors (Lipinski definition) is 3. The quantitative estimate of drug-likeness (QED) is 0.867. The molecule has 1 fully saturated rings. The minimum absolute atomic E-state index is 0.102. The number of fused-ring (bicyclic) bond motifs is 1. The lowest BCUT2D eigenvalue weighted by molar-refractivity contribution is -0.126. The number of carbonyl (C=O) groups excluding carboxylic acids is 2. The number of nitrogens with one attached hydrogen (secondary N) is 2. The van der Waals surface area contributed by atoms with Crippen LogP contribution in [0.25, 0.3) is 0 Å². The Morgan fingerprint density at radius 1 is 1.42 bits per heavy atom. The van der Waals surface area contributed by atoms with Crippen LogP contribution in [0.1, 0.15) is 37.7 Å². The zero-order valence-electron chi connectivity index (χ0n) is 14.0. The van der Waals surface area contributed by atoms with Gasteiger partial charge in [0.2, 0.25) is 11.8 Å². The number of nitrogens with zero attached hydrogens (tertiary/aromatic N) is 1. The minimum Gasteiger partial charge on any atom is -0.355 e. The third-order valence-corrected chi connectivity index (χ3v) is 4.76. The van der Waals surface area contributed by atoms with E-state index in [0.29, 0.717) is 23.7 Å². The first kappa shape index (κ1) is 16.9. The maximum Gasteiger partial charge on any atom is 0.228 e. The molecular weight excluding hydrogens is 309 g/mol. The molecule has 6 heteroatoms. The third kappa shape index (κ3) is 3.93. The van der Waals surface area contributed by atoms with E-state index in [4.69, 9.17) is 0 Å². The fourth-order valence-corrected chi connectivity index (χ4v) is 3.54. The summed E-state index contributed by atoms with van der Waals surface area (Å²) in [5.74, 6) is -1.02. The molecule has 0 spiro atoms. The lowest BCUT2D eigenvalue weighted by Gasteiger charge is -2.26. The molecule has 0 radical (unpaired) electrons. The van der Waals surface area contributed by atoms with Crippen molar-refractivity contribution in [3.05, 3.63) is 29.6 Å². The normalized spacial score (nSPS) is 21.9. The number of likely N-dealkylation sites (tertiary alicyclic amines) is 1. The second-order valence-electron chi connectivity index (χ2n) is 6.89. The first-order valence-electron chi connectivity index (χ1n) is 8.62. The summed E-state index contributed by atoms with van der Waals surface area (Å²) in [4.78, 5) is 26.8. The molecule has 2 aliphatic heterocycles. The Kier molecular flexibility index (Phi) is 5.14. The van der Waals surface area contributed by atoms with Gasteiger partial charge in [-0.05, 0) is 49.5 Å². The van der Waals surface area contributed by atoms with Crippen molar-refractivity contribution < 1.29 is 14.0 Å². The van der Waals surface area contributed by atoms with Crippen LogP contribution in [-0.2, 0) is 9.59 Å². The van der Waals surface area contributed by atoms with Gasteiger partial charge in [-0.25, -0.2) is 4.39 Å². The first-order chi connectivity index (χ1) is 11.5. The Labute approximate surface area is 141 Å². The second-order valence-corrected chi connectivity index (χ2v) is 6.89. The summed E-state index contributed by atoms with van der Waals surface area (Å²) in [6.07, 6.45) is 2.61. The molecule has 1 saturated heterocycles. The number of carbonyl (C=O) groups is 2. The maximum absolute atomic E-state index is 13.3. The fourth-order valence-electron chi connectivity index (χ4n) is 3.54. The van der Waals surface area contributed by atoms with Crippen LogP contribution in [0.3, 0.4) is 0 Å². The van der Waals surface area contributed by atoms with E-state index in [1.807, 2.05) is 0 Å². The molecule has 0 aromatic heterocycles. The molecule has 24 heavy (non-hydrogen) atoms. The highest BCUT2D eigenvalue weighted by molar-refractivity contribution is 6.01. The van der Waals surface area contributed by atoms with Gasteiger partial charge < -0.3 is 15.5 Å². The lowest BCUT2D eigenvalue weighted by atomic mass is 9.89. The summed E-state index contributed by atoms with van der Waals surface area (Å²) in [5, 5.41) is 5.60. The molecule has 2 atom stereocenters. The summed E-state index contributed by atoms with van der Waals surface area (Å²) in [6, 6.07) is 4.18. The van der Waals surface area contributed by atoms with E-state index < -0.39 is 11.7 Å². The summed E-state index contributed by atoms with van der Waals surface area (Å²) in [7, 11) is 0. The third-order valence-electron chi connectivity index (χ3n) is 4.76. The van der Waals surface area contributed by atoms with Gasteiger partial charge in [-0.1, -0.05) is 13.0 Å². The number of anilines is 1. The molecule has 2 heterocycles. The summed E-state index contributed by atoms with van der Waals surface area (Å²) < 4.78 is 13.3. The molecular formula is C18H24FN3O2. The van der Waals surface area contributed by atoms with Crippen molar-refractivity contribution >= 4 is 17.5 Å². The second kappa shape index (κ2) is 7.30. The molecule has 130 valence electrons. The smallest absolute Gasteiger partial charge is 0.228 e. The summed E-state index contributed by atoms with van der Waals surface area (Å²) in [6.45, 7) is 5.97. The van der Waals surface area contributed by atoms with E-state index >= 15 is 0 Å². The van der Waals surface area contributed by atoms with E-state index in [-0.39, 0.29) is 18.2 Å². The van der Waals surface area contributed by atoms with Crippen LogP contribution in [-0.4, -0.2) is 42.9 Å². The van der Waals surface area contributed by atoms with Gasteiger partial charge >= 0.3 is 0 Å². The van der Waals surface area contributed by atoms with Gasteiger partial charge in [0.15, 0.2) is 0 Å². The van der Waals surface area contributed by atoms with Crippen molar-refractivity contribution in [1.29, 1.82) is 0 Å². The van der Waals surface area contributed by atoms with Crippen molar-refractivity contribution in [3.63, 3.8) is 0 Å². The van der Waals surface area contributed by atoms with Gasteiger partial charge in [0, 0.05) is 25.2 Å². The number of amides is 2. The van der Waals surface area contributed by atoms with Crippen molar-refractivity contribution in [2.75, 3.05) is 31.5 Å². The van der Waals surface area contributed by atoms with Crippen LogP contribution in [0, 0.1) is 11.7 Å². The molecule has 0 bridgehead atoms. The molecule has 0 unspecified atom stereocenters. The molecule has 0 saturated carbocycles. The standard InChI is InChI=1S/C18H24FN3O2/c1-12(11-22-6-2-3-7-22)10-20-18(24)15-9-17(23)21-16-8-13(19)4-5-14(15)16/h4-5,8,12,15H,2-3,6-7,9-11H2,1H3,(H,20,24)(H,21,23)/t12-,15+/m0/s1. The lowest BCUT2D eigenvalue weighted by Crippen LogP contribution is -2.39. The minimum atomic E-state index is -0.548. The van der Waals surface area contributed by atoms with Gasteiger partial charge in [0.1, 0.15) is 5.82 Å². The van der Waals surface area contributed by atoms with Crippen LogP contribution in [0.15, 0.2) is 18.2 Å². The van der Waals surface area contributed by atoms with Crippen LogP contribution >= 0.6 is 0 Å². The van der Waals surface area contributed by atoms with Crippen molar-refractivity contribution in [2.45, 2.75) is 32.1 Å². The van der Waals surface area contributed by atoms with E-state index in [2.05, 4.69) is 22.5 Å². The molecule has 2 N–H and O–H groups in total. The van der Waals surface area contributed by atoms with Crippen LogP contribution in [0.5, 0.6) is 0 Å². The van der Waals surface area contributed by atoms with E-state index in [1.165, 1.54) is 25.0 Å². The van der Waals surface area contributed by atoms with E-state index in [9.17, 15) is 14.0 Å². The predicted molar refractivity (Wildman–Crippen MR) is 90.2 cm³/mol. The van der Waals surface area contributed by atoms with Crippen molar-refractivity contribution in [3.8, 4) is 0 Å². The number of benzene rings is 1. The monoisotopic (exact) mass is 333 g/mol. The van der Waals surface area contributed by atoms with Crippen LogP contribution < -0.4 is 10.6 Å². The predicted octanol–water partition coefficient (Wildman–Crippen LogP) is 2.10. The number of rotatable bonds is 5. The highest BCUT2D eigenvalue weighted by atomic mass is 19.1. The summed E-state index contributed by atoms with van der Waals surface area (Å²) in [5.41, 5.74) is 1.08. The number of halogens is 1. The Morgan fingerprint density at radius 3 is 2.92 bits per heavy atom. The zero-order chi connectivity index (χ0) is 17.1. The Morgan fingerprint density at radius 2 is 2.17 bits per heavy atom. The van der Waals surface area contributed by atoms with Gasteiger partial charge in [-0.3, -0.25) is 9.59 Å². The highest BCUT2D eigenvalue weighted by Gasteiger charge is 2.31. The van der Waals surface area contributed by atoms with Crippen LogP contribution in [0.4, 0.5) is 10.1 Å². The summed E-state index contributed by atoms with van der Waals surface area (Å²) >= 11 is 0. The molecule has 5 nitrogen and oxygen atoms in total. The molecule has 1 aromatic carbocycles. The van der Waals surface area contributed by atoms with Gasteiger partial charge in [-0.2, -0.15) is 0 Å². The van der Waals surface area contributed by atoms with Gasteiger partial charge in [0.25, 0.3) is 0 Å². The zero-order valence-corrected chi connectivity index (χ0v) is 14.0. The largest absolute Gasteiger partial charge is 0.355 e. The Hall–Kier alpha value is -1.95. The first-order valence-corrected chi connectivity index (χ1v) is 8.62. The van der Waals surface area contributed by atoms with Crippen molar-refractivity contribution in [2.24, 2.45) is 5.92 Å². The SMILES string of the molecule is C[C@@H](CNC(=O)[C@@H]1CC(=O)Nc2cc(F)ccc21)CN1CCCC1. The Balaban J connectivity index is 1.59. The average molecular weight is 333 g/mol. The highest BCUT2D eigenvalue weighted by Crippen LogP contribution is 2.32. The van der Waals surface area contributed by atoms with Gasteiger partial charge in [-0.15, -0.1) is 0 Å². The fraction of sp³-hybridized carbons (Fsp3) is 0.556. The van der Waals surface area contributed by atoms with Gasteiger partial charge in [0.05, 0.1) is 5.92 Å². The molecule has 1 aromatic rings. The maximum atomic E-state index is 13.3. The molecule has 2 amide bonds. The van der Waals surface area contributed by atoms with E-state index in [0.717, 1.165) is 19.6 Å². The van der Waals surface area contributed by atoms with E-state index in [1.54, 1.807) is 6.07 Å². The topological polar surface area (TPSA) is 61.4 Å². The van der Waals surface area contributed by atoms with Crippen LogP contribution in [0.2, 0.25) is 0 Å². The molecule has 3 rings (SSSR count). The Bertz CT molecular complexity index is 629. The molecule has 2 aliphatic rings. The number of hydrogen-bond donors (Lipinski definition) is 2. The van der Waals surface area contributed by atoms with Crippen molar-refractivity contribution in [1.82, 2.24) is 10.2 Å².